The smallest absolute Gasteiger partial charge is 0.293 e. The van der Waals surface area contributed by atoms with Crippen LogP contribution in [-0.2, 0) is 10.0 Å². The predicted octanol–water partition coefficient (Wildman–Crippen LogP) is 4.08. The number of primary sulfonamides is 1. The summed E-state index contributed by atoms with van der Waals surface area (Å²) in [4.78, 5) is 14.4. The number of nitrogens with one attached hydrogen (secondary N) is 1. The summed E-state index contributed by atoms with van der Waals surface area (Å²) in [7, 11) is -4.03. The van der Waals surface area contributed by atoms with Gasteiger partial charge in [0.1, 0.15) is 5.69 Å². The Bertz CT molecular complexity index is 1020. The minimum atomic E-state index is -4.03. The number of rotatable bonds is 10. The van der Waals surface area contributed by atoms with E-state index in [1.807, 2.05) is 30.3 Å². The first-order valence-electron chi connectivity index (χ1n) is 10.7. The third kappa shape index (κ3) is 6.44. The van der Waals surface area contributed by atoms with E-state index in [1.165, 1.54) is 25.0 Å². The van der Waals surface area contributed by atoms with Crippen molar-refractivity contribution >= 4 is 33.2 Å². The zero-order valence-corrected chi connectivity index (χ0v) is 19.9. The van der Waals surface area contributed by atoms with Gasteiger partial charge in [-0.3, -0.25) is 15.0 Å². The average molecular weight is 479 g/mol. The van der Waals surface area contributed by atoms with Crippen LogP contribution in [0.15, 0.2) is 58.3 Å². The summed E-state index contributed by atoms with van der Waals surface area (Å²) in [5, 5.41) is 20.1. The highest BCUT2D eigenvalue weighted by molar-refractivity contribution is 7.99. The molecule has 3 N–H and O–H groups in total. The maximum absolute atomic E-state index is 11.6. The summed E-state index contributed by atoms with van der Waals surface area (Å²) in [6, 6.07) is 14.8. The van der Waals surface area contributed by atoms with Gasteiger partial charge in [-0.15, -0.1) is 11.8 Å². The molecule has 0 aromatic heterocycles. The molecule has 3 rings (SSSR count). The van der Waals surface area contributed by atoms with Crippen molar-refractivity contribution in [1.29, 1.82) is 0 Å². The van der Waals surface area contributed by atoms with Crippen LogP contribution in [0.2, 0.25) is 0 Å². The van der Waals surface area contributed by atoms with Crippen LogP contribution in [0.4, 0.5) is 11.4 Å². The second-order valence-corrected chi connectivity index (χ2v) is 10.9. The van der Waals surface area contributed by atoms with Gasteiger partial charge >= 0.3 is 0 Å². The minimum Gasteiger partial charge on any atom is -0.376 e. The molecule has 1 heterocycles. The van der Waals surface area contributed by atoms with E-state index in [0.29, 0.717) is 23.5 Å². The molecule has 2 aromatic rings. The lowest BCUT2D eigenvalue weighted by Crippen LogP contribution is -2.37. The fourth-order valence-corrected chi connectivity index (χ4v) is 5.61. The highest BCUT2D eigenvalue weighted by Crippen LogP contribution is 2.30. The number of hydrogen-bond acceptors (Lipinski definition) is 7. The number of likely N-dealkylation sites (tertiary alicyclic amines) is 1. The van der Waals surface area contributed by atoms with Gasteiger partial charge < -0.3 is 5.32 Å². The Morgan fingerprint density at radius 3 is 2.44 bits per heavy atom. The first-order valence-corrected chi connectivity index (χ1v) is 13.2. The third-order valence-electron chi connectivity index (χ3n) is 5.92. The number of nitrogens with two attached hydrogens (primary N) is 1. The number of benzene rings is 2. The molecule has 8 nitrogen and oxygen atoms in total. The van der Waals surface area contributed by atoms with Crippen molar-refractivity contribution in [2.75, 3.05) is 17.6 Å². The second kappa shape index (κ2) is 10.7. The van der Waals surface area contributed by atoms with Crippen LogP contribution in [0.1, 0.15) is 33.1 Å². The maximum Gasteiger partial charge on any atom is 0.293 e. The number of nitrogens with zero attached hydrogens (tertiary/aromatic N) is 2. The SMILES string of the molecule is C[C@@H]1CC[C@H](C)N1CC[C@H](CSc1ccccc1)Nc1ccc(S(N)(=O)=O)cc1[N+](=O)[O-]. The van der Waals surface area contributed by atoms with E-state index in [4.69, 9.17) is 5.14 Å². The predicted molar refractivity (Wildman–Crippen MR) is 129 cm³/mol. The Hall–Kier alpha value is -2.14. The molecule has 1 saturated heterocycles. The van der Waals surface area contributed by atoms with E-state index in [1.54, 1.807) is 11.8 Å². The molecule has 2 aromatic carbocycles. The monoisotopic (exact) mass is 478 g/mol. The maximum atomic E-state index is 11.6. The van der Waals surface area contributed by atoms with Crippen molar-refractivity contribution in [1.82, 2.24) is 4.90 Å². The van der Waals surface area contributed by atoms with Gasteiger partial charge in [-0.2, -0.15) is 0 Å². The molecule has 0 aliphatic carbocycles. The normalized spacial score (nSPS) is 20.2. The van der Waals surface area contributed by atoms with Crippen molar-refractivity contribution in [2.24, 2.45) is 5.14 Å². The van der Waals surface area contributed by atoms with Crippen molar-refractivity contribution in [2.45, 2.75) is 61.0 Å². The highest BCUT2D eigenvalue weighted by atomic mass is 32.2. The fourth-order valence-electron chi connectivity index (χ4n) is 4.09. The van der Waals surface area contributed by atoms with Crippen molar-refractivity contribution in [3.63, 3.8) is 0 Å². The van der Waals surface area contributed by atoms with Gasteiger partial charge in [0.2, 0.25) is 10.0 Å². The van der Waals surface area contributed by atoms with E-state index >= 15 is 0 Å². The lowest BCUT2D eigenvalue weighted by atomic mass is 10.1. The van der Waals surface area contributed by atoms with Crippen LogP contribution in [0.25, 0.3) is 0 Å². The first-order chi connectivity index (χ1) is 15.1. The molecule has 174 valence electrons. The highest BCUT2D eigenvalue weighted by Gasteiger charge is 2.28. The minimum absolute atomic E-state index is 0.0424. The number of sulfonamides is 1. The summed E-state index contributed by atoms with van der Waals surface area (Å²) < 4.78 is 23.3. The van der Waals surface area contributed by atoms with Crippen molar-refractivity contribution < 1.29 is 13.3 Å². The number of nitro benzene ring substituents is 1. The molecular weight excluding hydrogens is 448 g/mol. The molecule has 0 amide bonds. The lowest BCUT2D eigenvalue weighted by molar-refractivity contribution is -0.384. The number of nitro groups is 1. The lowest BCUT2D eigenvalue weighted by Gasteiger charge is -2.28. The van der Waals surface area contributed by atoms with Gasteiger partial charge in [0.05, 0.1) is 9.82 Å². The molecule has 0 saturated carbocycles. The summed E-state index contributed by atoms with van der Waals surface area (Å²) in [5.74, 6) is 0.717. The molecule has 0 spiro atoms. The molecule has 0 unspecified atom stereocenters. The molecule has 1 aliphatic heterocycles. The zero-order valence-electron chi connectivity index (χ0n) is 18.3. The van der Waals surface area contributed by atoms with E-state index in [0.717, 1.165) is 23.9 Å². The zero-order chi connectivity index (χ0) is 23.3. The van der Waals surface area contributed by atoms with Gasteiger partial charge in [-0.25, -0.2) is 13.6 Å². The van der Waals surface area contributed by atoms with Gasteiger partial charge in [0, 0.05) is 41.4 Å². The largest absolute Gasteiger partial charge is 0.376 e. The first kappa shape index (κ1) is 24.5. The summed E-state index contributed by atoms with van der Waals surface area (Å²) >= 11 is 1.69. The Labute approximate surface area is 193 Å². The Balaban J connectivity index is 1.79. The van der Waals surface area contributed by atoms with Crippen LogP contribution in [0, 0.1) is 10.1 Å². The van der Waals surface area contributed by atoms with Gasteiger partial charge in [0.15, 0.2) is 0 Å². The fraction of sp³-hybridized carbons (Fsp3) is 0.455. The summed E-state index contributed by atoms with van der Waals surface area (Å²) in [6.07, 6.45) is 3.17. The van der Waals surface area contributed by atoms with Gasteiger partial charge in [0.25, 0.3) is 5.69 Å². The van der Waals surface area contributed by atoms with Crippen LogP contribution >= 0.6 is 11.8 Å². The Morgan fingerprint density at radius 1 is 1.19 bits per heavy atom. The molecule has 32 heavy (non-hydrogen) atoms. The number of anilines is 1. The van der Waals surface area contributed by atoms with Crippen molar-refractivity contribution in [3.05, 3.63) is 58.6 Å². The van der Waals surface area contributed by atoms with Gasteiger partial charge in [-0.05, 0) is 57.4 Å². The Kier molecular flexibility index (Phi) is 8.16. The molecular formula is C22H30N4O4S2. The van der Waals surface area contributed by atoms with E-state index in [2.05, 4.69) is 24.1 Å². The average Bonchev–Trinajstić information content (AvgIpc) is 3.07. The van der Waals surface area contributed by atoms with Gasteiger partial charge in [-0.1, -0.05) is 18.2 Å². The van der Waals surface area contributed by atoms with Crippen LogP contribution < -0.4 is 10.5 Å². The van der Waals surface area contributed by atoms with E-state index in [-0.39, 0.29) is 16.6 Å². The van der Waals surface area contributed by atoms with E-state index < -0.39 is 14.9 Å². The molecule has 1 fully saturated rings. The number of hydrogen-bond donors (Lipinski definition) is 2. The molecule has 10 heteroatoms. The standard InChI is InChI=1S/C22H30N4O4S2/c1-16-8-9-17(2)25(16)13-12-18(15-31-19-6-4-3-5-7-19)24-21-11-10-20(32(23,29)30)14-22(21)26(27)28/h3-7,10-11,14,16-18,24H,8-9,12-13,15H2,1-2H3,(H2,23,29,30)/t16-,17+,18-/m1/s1. The second-order valence-electron chi connectivity index (χ2n) is 8.25. The quantitative estimate of drug-likeness (QED) is 0.300. The van der Waals surface area contributed by atoms with Crippen LogP contribution in [0.5, 0.6) is 0 Å². The number of thioether (sulfide) groups is 1. The van der Waals surface area contributed by atoms with Crippen LogP contribution in [-0.4, -0.2) is 48.7 Å². The summed E-state index contributed by atoms with van der Waals surface area (Å²) in [5.41, 5.74) is -0.00211. The van der Waals surface area contributed by atoms with Crippen LogP contribution in [0.3, 0.4) is 0 Å². The molecule has 1 aliphatic rings. The van der Waals surface area contributed by atoms with Crippen molar-refractivity contribution in [3.8, 4) is 0 Å². The van der Waals surface area contributed by atoms with E-state index in [9.17, 15) is 18.5 Å². The topological polar surface area (TPSA) is 119 Å². The molecule has 3 atom stereocenters. The summed E-state index contributed by atoms with van der Waals surface area (Å²) in [6.45, 7) is 5.36. The third-order valence-corrected chi connectivity index (χ3v) is 8.00. The molecule has 0 bridgehead atoms. The Morgan fingerprint density at radius 2 is 1.84 bits per heavy atom. The molecule has 0 radical (unpaired) electrons.